The average molecular weight is 318 g/mol. The molecule has 0 aliphatic carbocycles. The molecule has 1 unspecified atom stereocenters. The van der Waals surface area contributed by atoms with Crippen LogP contribution < -0.4 is 0 Å². The molecule has 1 saturated heterocycles. The quantitative estimate of drug-likeness (QED) is 0.860. The van der Waals surface area contributed by atoms with Gasteiger partial charge in [-0.15, -0.1) is 0 Å². The summed E-state index contributed by atoms with van der Waals surface area (Å²) in [4.78, 5) is 13.0. The highest BCUT2D eigenvalue weighted by Crippen LogP contribution is 2.29. The Bertz CT molecular complexity index is 757. The van der Waals surface area contributed by atoms with E-state index in [1.54, 1.807) is 18.3 Å². The van der Waals surface area contributed by atoms with E-state index < -0.39 is 10.0 Å². The van der Waals surface area contributed by atoms with Gasteiger partial charge in [0.1, 0.15) is 10.7 Å². The van der Waals surface area contributed by atoms with Crippen molar-refractivity contribution in [2.24, 2.45) is 0 Å². The van der Waals surface area contributed by atoms with Gasteiger partial charge in [-0.3, -0.25) is 4.98 Å². The summed E-state index contributed by atoms with van der Waals surface area (Å²) >= 11 is 0. The van der Waals surface area contributed by atoms with Crippen LogP contribution in [-0.2, 0) is 10.0 Å². The Balaban J connectivity index is 1.83. The number of nitrogens with zero attached hydrogens (tertiary/aromatic N) is 4. The highest BCUT2D eigenvalue weighted by Gasteiger charge is 2.34. The highest BCUT2D eigenvalue weighted by molar-refractivity contribution is 7.89. The topological polar surface area (TPSA) is 76.1 Å². The van der Waals surface area contributed by atoms with Gasteiger partial charge in [0, 0.05) is 42.8 Å². The van der Waals surface area contributed by atoms with Gasteiger partial charge in [-0.05, 0) is 38.5 Å². The van der Waals surface area contributed by atoms with E-state index in [2.05, 4.69) is 15.0 Å². The number of pyridine rings is 1. The molecule has 116 valence electrons. The van der Waals surface area contributed by atoms with Crippen molar-refractivity contribution < 1.29 is 8.42 Å². The molecule has 0 bridgehead atoms. The second kappa shape index (κ2) is 5.73. The Hall–Kier alpha value is -1.86. The van der Waals surface area contributed by atoms with E-state index >= 15 is 0 Å². The Morgan fingerprint density at radius 3 is 2.59 bits per heavy atom. The van der Waals surface area contributed by atoms with Crippen LogP contribution in [0.2, 0.25) is 0 Å². The molecule has 3 rings (SSSR count). The second-order valence-electron chi connectivity index (χ2n) is 5.55. The molecule has 0 saturated carbocycles. The van der Waals surface area contributed by atoms with Gasteiger partial charge in [0.05, 0.1) is 0 Å². The Morgan fingerprint density at radius 1 is 1.23 bits per heavy atom. The molecule has 1 aliphatic rings. The number of aromatic nitrogens is 3. The third-order valence-corrected chi connectivity index (χ3v) is 5.64. The molecule has 6 nitrogen and oxygen atoms in total. The van der Waals surface area contributed by atoms with Crippen LogP contribution >= 0.6 is 0 Å². The summed E-state index contributed by atoms with van der Waals surface area (Å²) in [5.74, 6) is 0.784. The number of hydrogen-bond acceptors (Lipinski definition) is 5. The highest BCUT2D eigenvalue weighted by atomic mass is 32.2. The van der Waals surface area contributed by atoms with Crippen LogP contribution in [0.4, 0.5) is 0 Å². The van der Waals surface area contributed by atoms with Crippen LogP contribution in [0.25, 0.3) is 0 Å². The summed E-state index contributed by atoms with van der Waals surface area (Å²) in [6.07, 6.45) is 3.69. The molecule has 2 aromatic rings. The van der Waals surface area contributed by atoms with Crippen molar-refractivity contribution in [2.45, 2.75) is 31.1 Å². The zero-order valence-electron chi connectivity index (χ0n) is 12.6. The number of sulfonamides is 1. The van der Waals surface area contributed by atoms with Crippen molar-refractivity contribution in [1.29, 1.82) is 0 Å². The van der Waals surface area contributed by atoms with Crippen molar-refractivity contribution in [3.63, 3.8) is 0 Å². The largest absolute Gasteiger partial charge is 0.263 e. The lowest BCUT2D eigenvalue weighted by Gasteiger charge is -2.16. The first-order chi connectivity index (χ1) is 10.5. The molecule has 0 amide bonds. The molecule has 0 aromatic carbocycles. The Morgan fingerprint density at radius 2 is 1.95 bits per heavy atom. The lowest BCUT2D eigenvalue weighted by Crippen LogP contribution is -2.29. The third kappa shape index (κ3) is 2.86. The van der Waals surface area contributed by atoms with Crippen LogP contribution in [-0.4, -0.2) is 40.8 Å². The van der Waals surface area contributed by atoms with E-state index in [0.717, 1.165) is 23.6 Å². The van der Waals surface area contributed by atoms with Crippen molar-refractivity contribution >= 4 is 10.0 Å². The van der Waals surface area contributed by atoms with Crippen molar-refractivity contribution in [3.8, 4) is 0 Å². The van der Waals surface area contributed by atoms with Crippen LogP contribution in [0.1, 0.15) is 29.6 Å². The summed E-state index contributed by atoms with van der Waals surface area (Å²) in [5, 5.41) is 0. The van der Waals surface area contributed by atoms with Gasteiger partial charge < -0.3 is 0 Å². The fourth-order valence-corrected chi connectivity index (χ4v) is 4.21. The lowest BCUT2D eigenvalue weighted by molar-refractivity contribution is 0.470. The first-order valence-electron chi connectivity index (χ1n) is 7.19. The van der Waals surface area contributed by atoms with Crippen LogP contribution in [0.5, 0.6) is 0 Å². The minimum atomic E-state index is -3.48. The molecule has 22 heavy (non-hydrogen) atoms. The molecule has 0 radical (unpaired) electrons. The summed E-state index contributed by atoms with van der Waals surface area (Å²) in [5.41, 5.74) is 1.83. The molecule has 3 heterocycles. The summed E-state index contributed by atoms with van der Waals surface area (Å²) in [6, 6.07) is 5.12. The minimum absolute atomic E-state index is 0.0463. The summed E-state index contributed by atoms with van der Waals surface area (Å²) in [6.45, 7) is 4.76. The maximum atomic E-state index is 12.6. The predicted octanol–water partition coefficient (Wildman–Crippen LogP) is 1.67. The molecular formula is C15H18N4O2S. The van der Waals surface area contributed by atoms with Gasteiger partial charge in [0.15, 0.2) is 0 Å². The third-order valence-electron chi connectivity index (χ3n) is 3.79. The molecular weight excluding hydrogens is 300 g/mol. The van der Waals surface area contributed by atoms with E-state index in [-0.39, 0.29) is 10.8 Å². The van der Waals surface area contributed by atoms with Gasteiger partial charge >= 0.3 is 0 Å². The van der Waals surface area contributed by atoms with E-state index in [1.807, 2.05) is 19.9 Å². The summed E-state index contributed by atoms with van der Waals surface area (Å²) in [7, 11) is -3.48. The zero-order chi connectivity index (χ0) is 15.7. The van der Waals surface area contributed by atoms with Gasteiger partial charge in [0.25, 0.3) is 0 Å². The predicted molar refractivity (Wildman–Crippen MR) is 81.9 cm³/mol. The van der Waals surface area contributed by atoms with Gasteiger partial charge in [-0.2, -0.15) is 4.31 Å². The molecule has 2 aromatic heterocycles. The van der Waals surface area contributed by atoms with Gasteiger partial charge in [0.2, 0.25) is 10.0 Å². The van der Waals surface area contributed by atoms with Crippen molar-refractivity contribution in [2.75, 3.05) is 13.1 Å². The van der Waals surface area contributed by atoms with E-state index in [1.165, 1.54) is 10.5 Å². The molecule has 1 fully saturated rings. The average Bonchev–Trinajstić information content (AvgIpc) is 2.98. The Kier molecular flexibility index (Phi) is 3.92. The molecule has 1 aliphatic heterocycles. The Labute approximate surface area is 130 Å². The van der Waals surface area contributed by atoms with Crippen LogP contribution in [0, 0.1) is 13.8 Å². The van der Waals surface area contributed by atoms with E-state index in [0.29, 0.717) is 13.1 Å². The lowest BCUT2D eigenvalue weighted by atomic mass is 10.1. The van der Waals surface area contributed by atoms with Crippen LogP contribution in [0.3, 0.4) is 0 Å². The van der Waals surface area contributed by atoms with Crippen molar-refractivity contribution in [3.05, 3.63) is 47.8 Å². The monoisotopic (exact) mass is 318 g/mol. The smallest absolute Gasteiger partial charge is 0.244 e. The SMILES string of the molecule is Cc1cc(C)nc(C2CCN(S(=O)(=O)c3cccnc3)C2)n1. The van der Waals surface area contributed by atoms with E-state index in [4.69, 9.17) is 0 Å². The van der Waals surface area contributed by atoms with Gasteiger partial charge in [-0.1, -0.05) is 0 Å². The fourth-order valence-electron chi connectivity index (χ4n) is 2.74. The molecule has 0 N–H and O–H groups in total. The summed E-state index contributed by atoms with van der Waals surface area (Å²) < 4.78 is 26.7. The van der Waals surface area contributed by atoms with E-state index in [9.17, 15) is 8.42 Å². The standard InChI is InChI=1S/C15H18N4O2S/c1-11-8-12(2)18-15(17-11)13-5-7-19(10-13)22(20,21)14-4-3-6-16-9-14/h3-4,6,8-9,13H,5,7,10H2,1-2H3. The molecule has 0 spiro atoms. The number of rotatable bonds is 3. The zero-order valence-corrected chi connectivity index (χ0v) is 13.4. The maximum Gasteiger partial charge on any atom is 0.244 e. The van der Waals surface area contributed by atoms with Gasteiger partial charge in [-0.25, -0.2) is 18.4 Å². The number of aryl methyl sites for hydroxylation is 2. The fraction of sp³-hybridized carbons (Fsp3) is 0.400. The maximum absolute atomic E-state index is 12.6. The van der Waals surface area contributed by atoms with Crippen LogP contribution in [0.15, 0.2) is 35.5 Å². The first kappa shape index (κ1) is 15.1. The number of hydrogen-bond donors (Lipinski definition) is 0. The minimum Gasteiger partial charge on any atom is -0.263 e. The second-order valence-corrected chi connectivity index (χ2v) is 7.48. The molecule has 7 heteroatoms. The normalized spacial score (nSPS) is 19.5. The molecule has 1 atom stereocenters. The first-order valence-corrected chi connectivity index (χ1v) is 8.63. The van der Waals surface area contributed by atoms with Crippen molar-refractivity contribution in [1.82, 2.24) is 19.3 Å².